The number of nitrogens with one attached hydrogen (secondary N) is 2. The van der Waals surface area contributed by atoms with Crippen LogP contribution in [-0.2, 0) is 9.47 Å². The van der Waals surface area contributed by atoms with Crippen molar-refractivity contribution in [3.05, 3.63) is 35.7 Å². The number of carbonyl (C=O) groups is 1. The maximum atomic E-state index is 12.0. The van der Waals surface area contributed by atoms with Crippen molar-refractivity contribution in [2.75, 3.05) is 61.6 Å². The van der Waals surface area contributed by atoms with Gasteiger partial charge in [-0.25, -0.2) is 14.8 Å². The zero-order chi connectivity index (χ0) is 24.9. The van der Waals surface area contributed by atoms with Crippen LogP contribution >= 0.6 is 0 Å². The van der Waals surface area contributed by atoms with E-state index in [4.69, 9.17) is 14.9 Å². The summed E-state index contributed by atoms with van der Waals surface area (Å²) >= 11 is 0. The third-order valence-corrected chi connectivity index (χ3v) is 6.52. The fraction of sp³-hybridized carbons (Fsp3) is 0.520. The molecule has 0 aliphatic carbocycles. The summed E-state index contributed by atoms with van der Waals surface area (Å²) in [7, 11) is 1.72. The van der Waals surface area contributed by atoms with Crippen molar-refractivity contribution in [2.24, 2.45) is 5.92 Å². The van der Waals surface area contributed by atoms with E-state index in [9.17, 15) is 9.90 Å². The Balaban J connectivity index is 1.74. The zero-order valence-corrected chi connectivity index (χ0v) is 20.6. The molecule has 0 radical (unpaired) electrons. The number of methoxy groups -OCH3 is 1. The number of morpholine rings is 1. The third-order valence-electron chi connectivity index (χ3n) is 6.52. The molecule has 0 spiro atoms. The number of pyridine rings is 2. The molecule has 0 atom stereocenters. The Hall–Kier alpha value is -3.24. The summed E-state index contributed by atoms with van der Waals surface area (Å²) in [5.41, 5.74) is 2.43. The lowest BCUT2D eigenvalue weighted by molar-refractivity contribution is 0.0690. The highest BCUT2D eigenvalue weighted by Gasteiger charge is 2.27. The second kappa shape index (κ2) is 11.0. The van der Waals surface area contributed by atoms with Crippen molar-refractivity contribution in [3.63, 3.8) is 0 Å². The van der Waals surface area contributed by atoms with Crippen LogP contribution in [0.25, 0.3) is 0 Å². The highest BCUT2D eigenvalue weighted by molar-refractivity contribution is 6.09. The van der Waals surface area contributed by atoms with Crippen molar-refractivity contribution in [3.8, 4) is 0 Å². The number of aromatic nitrogens is 2. The van der Waals surface area contributed by atoms with Gasteiger partial charge >= 0.3 is 5.97 Å². The molecule has 0 amide bonds. The predicted octanol–water partition coefficient (Wildman–Crippen LogP) is 3.39. The van der Waals surface area contributed by atoms with E-state index in [0.717, 1.165) is 56.2 Å². The molecule has 0 bridgehead atoms. The first-order valence-electron chi connectivity index (χ1n) is 12.1. The number of hydrogen-bond acceptors (Lipinski definition) is 9. The first kappa shape index (κ1) is 24.9. The molecule has 4 rings (SSSR count). The minimum Gasteiger partial charge on any atom is -0.477 e. The van der Waals surface area contributed by atoms with Crippen LogP contribution in [0.4, 0.5) is 23.0 Å². The molecule has 2 aromatic rings. The molecule has 188 valence electrons. The van der Waals surface area contributed by atoms with E-state index in [1.54, 1.807) is 19.4 Å². The summed E-state index contributed by atoms with van der Waals surface area (Å²) in [6, 6.07) is 5.34. The second-order valence-electron chi connectivity index (χ2n) is 9.17. The smallest absolute Gasteiger partial charge is 0.354 e. The largest absolute Gasteiger partial charge is 0.477 e. The van der Waals surface area contributed by atoms with Crippen molar-refractivity contribution >= 4 is 34.7 Å². The Morgan fingerprint density at radius 3 is 2.54 bits per heavy atom. The normalized spacial score (nSPS) is 17.0. The molecule has 2 fully saturated rings. The number of nitrogens with zero attached hydrogens (tertiary/aromatic N) is 4. The van der Waals surface area contributed by atoms with Crippen LogP contribution in [0.2, 0.25) is 0 Å². The van der Waals surface area contributed by atoms with Crippen LogP contribution in [0.5, 0.6) is 0 Å². The van der Waals surface area contributed by atoms with Gasteiger partial charge in [-0.3, -0.25) is 0 Å². The molecule has 0 aromatic carbocycles. The number of ether oxygens (including phenoxy) is 2. The summed E-state index contributed by atoms with van der Waals surface area (Å²) in [4.78, 5) is 25.2. The molecule has 10 heteroatoms. The Labute approximate surface area is 205 Å². The quantitative estimate of drug-likeness (QED) is 0.486. The molecule has 35 heavy (non-hydrogen) atoms. The monoisotopic (exact) mass is 482 g/mol. The maximum Gasteiger partial charge on any atom is 0.354 e. The van der Waals surface area contributed by atoms with Gasteiger partial charge in [0.15, 0.2) is 5.69 Å². The van der Waals surface area contributed by atoms with E-state index in [1.807, 2.05) is 26.0 Å². The standard InChI is InChI=1S/C25H34N6O4/c1-16(2)23(26)22-20(30-8-5-18(34-3)6-9-30)15-19(25(32)33)29-24(22)28-17-4-7-27-21(14-17)31-10-12-35-13-11-31/h4,7,14-16,18,26H,5-6,8-13H2,1-3H3,(H,32,33)(H,27,28,29). The first-order valence-corrected chi connectivity index (χ1v) is 12.1. The number of carboxylic acids is 1. The summed E-state index contributed by atoms with van der Waals surface area (Å²) in [6.45, 7) is 8.18. The summed E-state index contributed by atoms with van der Waals surface area (Å²) < 4.78 is 11.0. The average molecular weight is 483 g/mol. The van der Waals surface area contributed by atoms with Crippen LogP contribution in [-0.4, -0.2) is 79.4 Å². The fourth-order valence-corrected chi connectivity index (χ4v) is 4.47. The molecule has 2 aliphatic heterocycles. The van der Waals surface area contributed by atoms with Crippen molar-refractivity contribution in [2.45, 2.75) is 32.8 Å². The van der Waals surface area contributed by atoms with Gasteiger partial charge in [0.1, 0.15) is 11.6 Å². The minimum absolute atomic E-state index is 0.0564. The van der Waals surface area contributed by atoms with Crippen LogP contribution in [0.1, 0.15) is 42.7 Å². The van der Waals surface area contributed by atoms with Gasteiger partial charge in [-0.15, -0.1) is 0 Å². The van der Waals surface area contributed by atoms with Gasteiger partial charge in [0.2, 0.25) is 0 Å². The van der Waals surface area contributed by atoms with E-state index >= 15 is 0 Å². The molecule has 0 unspecified atom stereocenters. The Bertz CT molecular complexity index is 1060. The lowest BCUT2D eigenvalue weighted by Gasteiger charge is -2.35. The van der Waals surface area contributed by atoms with E-state index < -0.39 is 5.97 Å². The number of rotatable bonds is 8. The van der Waals surface area contributed by atoms with Crippen molar-refractivity contribution < 1.29 is 19.4 Å². The molecule has 3 N–H and O–H groups in total. The second-order valence-corrected chi connectivity index (χ2v) is 9.17. The van der Waals surface area contributed by atoms with E-state index in [1.165, 1.54) is 0 Å². The summed E-state index contributed by atoms with van der Waals surface area (Å²) in [5, 5.41) is 22.0. The van der Waals surface area contributed by atoms with Gasteiger partial charge in [-0.05, 0) is 30.9 Å². The van der Waals surface area contributed by atoms with Crippen molar-refractivity contribution in [1.29, 1.82) is 5.41 Å². The lowest BCUT2D eigenvalue weighted by atomic mass is 9.96. The minimum atomic E-state index is -1.10. The summed E-state index contributed by atoms with van der Waals surface area (Å²) in [5.74, 6) is 0.0127. The van der Waals surface area contributed by atoms with Crippen LogP contribution in [0, 0.1) is 11.3 Å². The molecule has 2 aliphatic rings. The molecular weight excluding hydrogens is 448 g/mol. The van der Waals surface area contributed by atoms with Gasteiger partial charge in [-0.1, -0.05) is 13.8 Å². The lowest BCUT2D eigenvalue weighted by Crippen LogP contribution is -2.38. The Morgan fingerprint density at radius 1 is 1.20 bits per heavy atom. The van der Waals surface area contributed by atoms with Gasteiger partial charge in [0.25, 0.3) is 0 Å². The first-order chi connectivity index (χ1) is 16.9. The average Bonchev–Trinajstić information content (AvgIpc) is 2.88. The molecule has 4 heterocycles. The molecule has 10 nitrogen and oxygen atoms in total. The number of hydrogen-bond donors (Lipinski definition) is 3. The van der Waals surface area contributed by atoms with E-state index in [2.05, 4.69) is 25.1 Å². The summed E-state index contributed by atoms with van der Waals surface area (Å²) in [6.07, 6.45) is 3.59. The number of anilines is 4. The Morgan fingerprint density at radius 2 is 1.91 bits per heavy atom. The fourth-order valence-electron chi connectivity index (χ4n) is 4.47. The number of piperidine rings is 1. The van der Waals surface area contributed by atoms with Gasteiger partial charge < -0.3 is 35.1 Å². The SMILES string of the molecule is COC1CCN(c2cc(C(=O)O)nc(Nc3ccnc(N4CCOCC4)c3)c2C(=N)C(C)C)CC1. The Kier molecular flexibility index (Phi) is 7.82. The maximum absolute atomic E-state index is 12.0. The molecule has 0 saturated carbocycles. The molecule has 2 aromatic heterocycles. The highest BCUT2D eigenvalue weighted by atomic mass is 16.5. The van der Waals surface area contributed by atoms with Crippen LogP contribution in [0.3, 0.4) is 0 Å². The van der Waals surface area contributed by atoms with Gasteiger partial charge in [0, 0.05) is 57.0 Å². The van der Waals surface area contributed by atoms with Gasteiger partial charge in [-0.2, -0.15) is 0 Å². The van der Waals surface area contributed by atoms with E-state index in [0.29, 0.717) is 30.3 Å². The number of carboxylic acid groups (broad SMARTS) is 1. The highest BCUT2D eigenvalue weighted by Crippen LogP contribution is 2.34. The molecular formula is C25H34N6O4. The van der Waals surface area contributed by atoms with E-state index in [-0.39, 0.29) is 17.7 Å². The topological polar surface area (TPSA) is 124 Å². The molecule has 2 saturated heterocycles. The predicted molar refractivity (Wildman–Crippen MR) is 136 cm³/mol. The van der Waals surface area contributed by atoms with Crippen molar-refractivity contribution in [1.82, 2.24) is 9.97 Å². The van der Waals surface area contributed by atoms with Gasteiger partial charge in [0.05, 0.1) is 30.6 Å². The third kappa shape index (κ3) is 5.71. The van der Waals surface area contributed by atoms with Crippen LogP contribution < -0.4 is 15.1 Å². The van der Waals surface area contributed by atoms with Crippen LogP contribution in [0.15, 0.2) is 24.4 Å². The zero-order valence-electron chi connectivity index (χ0n) is 20.6. The number of aromatic carboxylic acids is 1.